The van der Waals surface area contributed by atoms with E-state index in [1.165, 1.54) is 100 Å². The SMILES string of the molecule is C.Cc1ccc(Oc2ccc(C(C)(C)c3ccc(Oc4ccc(C)c(C)c4)cc3)cc2)cc1C.Cc1ccc(Oc2ccc(C(C)(C)c3ccc(Oc4cccc(C)c4C)cc3)cc2)cc1C.Cc1cccc(Oc2ccc(C(C)(C)c3ccc(Oc4cccc(C)c4C)cc3)cc2)c1C. The zero-order valence-electron chi connectivity index (χ0n) is 61.2. The Morgan fingerprint density at radius 3 is 0.550 bits per heavy atom. The number of hydrogen-bond donors (Lipinski definition) is 0. The van der Waals surface area contributed by atoms with Gasteiger partial charge in [-0.2, -0.15) is 0 Å². The minimum Gasteiger partial charge on any atom is -0.457 e. The van der Waals surface area contributed by atoms with Gasteiger partial charge >= 0.3 is 0 Å². The van der Waals surface area contributed by atoms with Gasteiger partial charge in [-0.05, 0) is 311 Å². The number of rotatable bonds is 18. The van der Waals surface area contributed by atoms with Crippen molar-refractivity contribution in [3.05, 3.63) is 355 Å². The third kappa shape index (κ3) is 18.0. The van der Waals surface area contributed by atoms with E-state index in [-0.39, 0.29) is 23.7 Å². The quantitative estimate of drug-likeness (QED) is 0.0853. The number of aryl methyl sites for hydroxylation is 9. The Balaban J connectivity index is 0.000000174. The van der Waals surface area contributed by atoms with E-state index in [9.17, 15) is 0 Å². The molecule has 0 fully saturated rings. The molecule has 0 saturated carbocycles. The molecule has 6 heteroatoms. The summed E-state index contributed by atoms with van der Waals surface area (Å²) in [5.41, 5.74) is 21.7. The largest absolute Gasteiger partial charge is 0.457 e. The van der Waals surface area contributed by atoms with Gasteiger partial charge in [0.25, 0.3) is 0 Å². The Kier molecular flexibility index (Phi) is 23.6. The van der Waals surface area contributed by atoms with Crippen LogP contribution in [0.4, 0.5) is 0 Å². The highest BCUT2D eigenvalue weighted by molar-refractivity contribution is 5.51. The molecule has 0 aliphatic heterocycles. The topological polar surface area (TPSA) is 55.4 Å². The Labute approximate surface area is 597 Å². The molecule has 0 heterocycles. The molecule has 0 aliphatic carbocycles. The van der Waals surface area contributed by atoms with Crippen LogP contribution >= 0.6 is 0 Å². The predicted octanol–water partition coefficient (Wildman–Crippen LogP) is 27.1. The lowest BCUT2D eigenvalue weighted by Gasteiger charge is -2.26. The van der Waals surface area contributed by atoms with E-state index >= 15 is 0 Å². The van der Waals surface area contributed by atoms with Gasteiger partial charge in [-0.1, -0.05) is 176 Å². The van der Waals surface area contributed by atoms with Gasteiger partial charge in [0.1, 0.15) is 69.0 Å². The summed E-state index contributed by atoms with van der Waals surface area (Å²) < 4.78 is 36.6. The van der Waals surface area contributed by atoms with Gasteiger partial charge in [0.05, 0.1) is 0 Å². The zero-order chi connectivity index (χ0) is 70.8. The summed E-state index contributed by atoms with van der Waals surface area (Å²) in [6.07, 6.45) is 0. The van der Waals surface area contributed by atoms with Crippen molar-refractivity contribution in [2.75, 3.05) is 0 Å². The molecule has 12 aromatic rings. The predicted molar refractivity (Wildman–Crippen MR) is 418 cm³/mol. The van der Waals surface area contributed by atoms with Crippen molar-refractivity contribution in [1.29, 1.82) is 0 Å². The highest BCUT2D eigenvalue weighted by atomic mass is 16.5. The lowest BCUT2D eigenvalue weighted by Crippen LogP contribution is -2.18. The first-order valence-electron chi connectivity index (χ1n) is 34.3. The lowest BCUT2D eigenvalue weighted by atomic mass is 9.78. The molecule has 6 nitrogen and oxygen atoms in total. The smallest absolute Gasteiger partial charge is 0.130 e. The van der Waals surface area contributed by atoms with E-state index in [2.05, 4.69) is 288 Å². The van der Waals surface area contributed by atoms with Crippen LogP contribution in [-0.4, -0.2) is 0 Å². The number of ether oxygens (including phenoxy) is 6. The Morgan fingerprint density at radius 1 is 0.180 bits per heavy atom. The number of hydrogen-bond acceptors (Lipinski definition) is 6. The molecule has 0 saturated heterocycles. The van der Waals surface area contributed by atoms with Crippen molar-refractivity contribution < 1.29 is 28.4 Å². The highest BCUT2D eigenvalue weighted by Gasteiger charge is 2.26. The van der Waals surface area contributed by atoms with E-state index in [4.69, 9.17) is 28.4 Å². The maximum atomic E-state index is 6.14. The van der Waals surface area contributed by atoms with Gasteiger partial charge in [0.2, 0.25) is 0 Å². The van der Waals surface area contributed by atoms with Crippen molar-refractivity contribution >= 4 is 0 Å². The first kappa shape index (κ1) is 73.7. The molecule has 512 valence electrons. The molecule has 0 amide bonds. The molecule has 12 rings (SSSR count). The molecular formula is C94H100O6. The summed E-state index contributed by atoms with van der Waals surface area (Å²) in [6.45, 7) is 38.7. The van der Waals surface area contributed by atoms with Crippen molar-refractivity contribution in [3.8, 4) is 69.0 Å². The summed E-state index contributed by atoms with van der Waals surface area (Å²) >= 11 is 0. The molecule has 0 atom stereocenters. The average Bonchev–Trinajstić information content (AvgIpc) is 0.810. The monoisotopic (exact) mass is 1320 g/mol. The maximum absolute atomic E-state index is 6.14. The summed E-state index contributed by atoms with van der Waals surface area (Å²) in [4.78, 5) is 0. The molecular weight excluding hydrogens is 1230 g/mol. The maximum Gasteiger partial charge on any atom is 0.130 e. The van der Waals surface area contributed by atoms with Crippen LogP contribution in [0.15, 0.2) is 255 Å². The van der Waals surface area contributed by atoms with Crippen LogP contribution in [0.1, 0.15) is 149 Å². The van der Waals surface area contributed by atoms with Crippen molar-refractivity contribution in [2.45, 2.75) is 148 Å². The van der Waals surface area contributed by atoms with Gasteiger partial charge in [-0.3, -0.25) is 0 Å². The van der Waals surface area contributed by atoms with Crippen molar-refractivity contribution in [3.63, 3.8) is 0 Å². The standard InChI is InChI=1S/3C31H32O2.CH4/c1-21-7-13-29(19-23(21)3)32-27-15-9-25(10-16-27)31(5,6)26-11-17-28(18-12-26)33-30-14-8-22(2)24(4)20-30;1-21-9-7-11-29(23(21)3)32-27-17-13-25(14-18-27)31(5,6)26-15-19-28(20-16-26)33-30-12-8-10-22(2)24(30)4;1-21-10-15-29(20-23(21)3)32-27-16-11-25(12-17-27)31(5,6)26-13-18-28(19-14-26)33-30-9-7-8-22(2)24(30)4;/h3*7-20H,1-6H3;1H4. The first-order chi connectivity index (χ1) is 47.2. The average molecular weight is 1330 g/mol. The second kappa shape index (κ2) is 32.0. The molecule has 100 heavy (non-hydrogen) atoms. The first-order valence-corrected chi connectivity index (χ1v) is 34.3. The molecule has 0 bridgehead atoms. The lowest BCUT2D eigenvalue weighted by molar-refractivity contribution is 0.476. The highest BCUT2D eigenvalue weighted by Crippen LogP contribution is 2.40. The van der Waals surface area contributed by atoms with Gasteiger partial charge in [0.15, 0.2) is 0 Å². The third-order valence-electron chi connectivity index (χ3n) is 19.9. The van der Waals surface area contributed by atoms with Crippen LogP contribution < -0.4 is 28.4 Å². The van der Waals surface area contributed by atoms with Crippen molar-refractivity contribution in [2.24, 2.45) is 0 Å². The van der Waals surface area contributed by atoms with Crippen LogP contribution in [0.3, 0.4) is 0 Å². The molecule has 0 aliphatic rings. The molecule has 12 aromatic carbocycles. The van der Waals surface area contributed by atoms with Crippen LogP contribution in [0, 0.1) is 83.1 Å². The van der Waals surface area contributed by atoms with Crippen LogP contribution in [-0.2, 0) is 16.2 Å². The second-order valence-corrected chi connectivity index (χ2v) is 28.0. The Bertz CT molecular complexity index is 4510. The molecule has 0 spiro atoms. The Morgan fingerprint density at radius 2 is 0.360 bits per heavy atom. The molecule has 0 N–H and O–H groups in total. The molecule has 0 unspecified atom stereocenters. The van der Waals surface area contributed by atoms with E-state index < -0.39 is 0 Å². The van der Waals surface area contributed by atoms with Crippen LogP contribution in [0.2, 0.25) is 0 Å². The number of benzene rings is 12. The van der Waals surface area contributed by atoms with Gasteiger partial charge in [0, 0.05) is 16.2 Å². The summed E-state index contributed by atoms with van der Waals surface area (Å²) in [6, 6.07) is 87.4. The Hall–Kier alpha value is -10.6. The third-order valence-corrected chi connectivity index (χ3v) is 19.9. The molecule has 0 radical (unpaired) electrons. The fourth-order valence-electron chi connectivity index (χ4n) is 11.8. The fourth-order valence-corrected chi connectivity index (χ4v) is 11.8. The van der Waals surface area contributed by atoms with Crippen molar-refractivity contribution in [1.82, 2.24) is 0 Å². The zero-order valence-corrected chi connectivity index (χ0v) is 61.2. The van der Waals surface area contributed by atoms with E-state index in [0.717, 1.165) is 69.0 Å². The summed E-state index contributed by atoms with van der Waals surface area (Å²) in [5.74, 6) is 10.4. The van der Waals surface area contributed by atoms with Gasteiger partial charge < -0.3 is 28.4 Å². The van der Waals surface area contributed by atoms with Gasteiger partial charge in [-0.15, -0.1) is 0 Å². The normalized spacial score (nSPS) is 11.2. The van der Waals surface area contributed by atoms with Gasteiger partial charge in [-0.25, -0.2) is 0 Å². The summed E-state index contributed by atoms with van der Waals surface area (Å²) in [5, 5.41) is 0. The minimum atomic E-state index is -0.143. The fraction of sp³-hybridized carbons (Fsp3) is 0.234. The van der Waals surface area contributed by atoms with E-state index in [1.807, 2.05) is 91.0 Å². The minimum absolute atomic E-state index is 0. The van der Waals surface area contributed by atoms with E-state index in [0.29, 0.717) is 0 Å². The molecule has 0 aromatic heterocycles. The van der Waals surface area contributed by atoms with Crippen LogP contribution in [0.25, 0.3) is 0 Å². The second-order valence-electron chi connectivity index (χ2n) is 28.0. The summed E-state index contributed by atoms with van der Waals surface area (Å²) in [7, 11) is 0. The van der Waals surface area contributed by atoms with Crippen LogP contribution in [0.5, 0.6) is 69.0 Å². The van der Waals surface area contributed by atoms with E-state index in [1.54, 1.807) is 0 Å².